The van der Waals surface area contributed by atoms with E-state index in [9.17, 15) is 0 Å². The van der Waals surface area contributed by atoms with Gasteiger partial charge in [0.05, 0.1) is 12.1 Å². The van der Waals surface area contributed by atoms with E-state index in [1.54, 1.807) is 7.11 Å². The van der Waals surface area contributed by atoms with E-state index in [0.29, 0.717) is 6.04 Å². The smallest absolute Gasteiger partial charge is 0.226 e. The third-order valence-electron chi connectivity index (χ3n) is 5.54. The molecule has 0 saturated carbocycles. The van der Waals surface area contributed by atoms with Gasteiger partial charge in [-0.3, -0.25) is 4.98 Å². The Balaban J connectivity index is 1.50. The number of nitrogens with one attached hydrogen (secondary N) is 1. The highest BCUT2D eigenvalue weighted by Gasteiger charge is 2.36. The molecule has 2 aromatic rings. The SMILES string of the molecule is CO[C@@H]1CN(c2ccnc(N(C)C)n2)C[C@@H]1NC1CCCc2ncccc21. The van der Waals surface area contributed by atoms with Crippen molar-refractivity contribution in [2.45, 2.75) is 37.5 Å². The normalized spacial score (nSPS) is 24.7. The minimum absolute atomic E-state index is 0.129. The lowest BCUT2D eigenvalue weighted by molar-refractivity contribution is 0.0920. The van der Waals surface area contributed by atoms with Crippen LogP contribution in [0.2, 0.25) is 0 Å². The van der Waals surface area contributed by atoms with Gasteiger partial charge < -0.3 is 19.9 Å². The molecule has 4 rings (SSSR count). The molecule has 7 heteroatoms. The molecule has 2 aromatic heterocycles. The summed E-state index contributed by atoms with van der Waals surface area (Å²) in [7, 11) is 5.71. The summed E-state index contributed by atoms with van der Waals surface area (Å²) in [6, 6.07) is 6.82. The first kappa shape index (κ1) is 18.1. The highest BCUT2D eigenvalue weighted by atomic mass is 16.5. The average Bonchev–Trinajstić information content (AvgIpc) is 3.11. The Morgan fingerprint density at radius 1 is 1.19 bits per heavy atom. The zero-order chi connectivity index (χ0) is 18.8. The molecule has 1 N–H and O–H groups in total. The van der Waals surface area contributed by atoms with E-state index in [1.807, 2.05) is 43.5 Å². The molecule has 2 aliphatic rings. The topological polar surface area (TPSA) is 66.4 Å². The zero-order valence-electron chi connectivity index (χ0n) is 16.3. The number of anilines is 2. The Hall–Kier alpha value is -2.25. The number of pyridine rings is 1. The molecule has 1 aliphatic carbocycles. The van der Waals surface area contributed by atoms with Crippen LogP contribution in [0, 0.1) is 0 Å². The molecular formula is C20H28N6O. The second kappa shape index (κ2) is 7.78. The molecular weight excluding hydrogens is 340 g/mol. The quantitative estimate of drug-likeness (QED) is 0.863. The van der Waals surface area contributed by atoms with Gasteiger partial charge in [0.2, 0.25) is 5.95 Å². The second-order valence-corrected chi connectivity index (χ2v) is 7.55. The van der Waals surface area contributed by atoms with Crippen LogP contribution < -0.4 is 15.1 Å². The molecule has 0 aromatic carbocycles. The third-order valence-corrected chi connectivity index (χ3v) is 5.54. The van der Waals surface area contributed by atoms with Gasteiger partial charge in [0.1, 0.15) is 5.82 Å². The van der Waals surface area contributed by atoms with E-state index >= 15 is 0 Å². The fourth-order valence-electron chi connectivity index (χ4n) is 4.13. The van der Waals surface area contributed by atoms with Gasteiger partial charge in [0.15, 0.2) is 0 Å². The molecule has 0 amide bonds. The molecule has 0 bridgehead atoms. The van der Waals surface area contributed by atoms with Crippen LogP contribution >= 0.6 is 0 Å². The molecule has 144 valence electrons. The van der Waals surface area contributed by atoms with Crippen LogP contribution in [0.25, 0.3) is 0 Å². The fraction of sp³-hybridized carbons (Fsp3) is 0.550. The van der Waals surface area contributed by atoms with Crippen LogP contribution in [0.15, 0.2) is 30.6 Å². The van der Waals surface area contributed by atoms with Crippen LogP contribution in [0.3, 0.4) is 0 Å². The Morgan fingerprint density at radius 2 is 2.07 bits per heavy atom. The molecule has 1 unspecified atom stereocenters. The number of nitrogens with zero attached hydrogens (tertiary/aromatic N) is 5. The third kappa shape index (κ3) is 3.75. The summed E-state index contributed by atoms with van der Waals surface area (Å²) in [5.41, 5.74) is 2.57. The van der Waals surface area contributed by atoms with Gasteiger partial charge in [0.25, 0.3) is 0 Å². The number of ether oxygens (including phenoxy) is 1. The molecule has 0 radical (unpaired) electrons. The van der Waals surface area contributed by atoms with Crippen molar-refractivity contribution in [3.05, 3.63) is 41.9 Å². The maximum absolute atomic E-state index is 5.81. The van der Waals surface area contributed by atoms with Gasteiger partial charge in [-0.1, -0.05) is 6.07 Å². The number of hydrogen-bond donors (Lipinski definition) is 1. The monoisotopic (exact) mass is 368 g/mol. The van der Waals surface area contributed by atoms with Gasteiger partial charge in [-0.2, -0.15) is 4.98 Å². The molecule has 27 heavy (non-hydrogen) atoms. The summed E-state index contributed by atoms with van der Waals surface area (Å²) >= 11 is 0. The molecule has 3 heterocycles. The van der Waals surface area contributed by atoms with E-state index in [-0.39, 0.29) is 12.1 Å². The van der Waals surface area contributed by atoms with Crippen LogP contribution in [0.1, 0.15) is 30.1 Å². The summed E-state index contributed by atoms with van der Waals surface area (Å²) in [5.74, 6) is 1.68. The molecule has 1 aliphatic heterocycles. The number of methoxy groups -OCH3 is 1. The van der Waals surface area contributed by atoms with Crippen molar-refractivity contribution in [3.8, 4) is 0 Å². The zero-order valence-corrected chi connectivity index (χ0v) is 16.3. The first-order valence-electron chi connectivity index (χ1n) is 9.63. The Kier molecular flexibility index (Phi) is 5.22. The fourth-order valence-corrected chi connectivity index (χ4v) is 4.13. The number of hydrogen-bond acceptors (Lipinski definition) is 7. The summed E-state index contributed by atoms with van der Waals surface area (Å²) < 4.78 is 5.81. The van der Waals surface area contributed by atoms with Crippen molar-refractivity contribution in [1.29, 1.82) is 0 Å². The van der Waals surface area contributed by atoms with Gasteiger partial charge >= 0.3 is 0 Å². The lowest BCUT2D eigenvalue weighted by Crippen LogP contribution is -2.43. The second-order valence-electron chi connectivity index (χ2n) is 7.55. The van der Waals surface area contributed by atoms with Gasteiger partial charge in [-0.25, -0.2) is 4.98 Å². The van der Waals surface area contributed by atoms with E-state index in [4.69, 9.17) is 4.74 Å². The summed E-state index contributed by atoms with van der Waals surface area (Å²) in [5, 5.41) is 3.85. The standard InChI is InChI=1S/C20H28N6O/c1-25(2)20-22-11-9-19(24-20)26-12-17(18(13-26)27-3)23-16-8-4-7-15-14(16)6-5-10-21-15/h5-6,9-11,16-18,23H,4,7-8,12-13H2,1-3H3/t16?,17-,18+/m0/s1. The maximum Gasteiger partial charge on any atom is 0.226 e. The minimum atomic E-state index is 0.129. The lowest BCUT2D eigenvalue weighted by Gasteiger charge is -2.30. The van der Waals surface area contributed by atoms with Crippen LogP contribution in [0.5, 0.6) is 0 Å². The van der Waals surface area contributed by atoms with Crippen molar-refractivity contribution < 1.29 is 4.74 Å². The summed E-state index contributed by atoms with van der Waals surface area (Å²) in [6.45, 7) is 1.69. The Bertz CT molecular complexity index is 783. The van der Waals surface area contributed by atoms with Crippen molar-refractivity contribution in [1.82, 2.24) is 20.3 Å². The van der Waals surface area contributed by atoms with E-state index in [1.165, 1.54) is 17.7 Å². The number of rotatable bonds is 5. The van der Waals surface area contributed by atoms with Crippen LogP contribution in [0.4, 0.5) is 11.8 Å². The first-order chi connectivity index (χ1) is 13.2. The van der Waals surface area contributed by atoms with E-state index in [2.05, 4.69) is 31.2 Å². The van der Waals surface area contributed by atoms with E-state index in [0.717, 1.165) is 37.7 Å². The van der Waals surface area contributed by atoms with Crippen LogP contribution in [-0.4, -0.2) is 61.4 Å². The molecule has 1 saturated heterocycles. The molecule has 0 spiro atoms. The maximum atomic E-state index is 5.81. The van der Waals surface area contributed by atoms with Gasteiger partial charge in [0, 0.05) is 58.4 Å². The van der Waals surface area contributed by atoms with Crippen molar-refractivity contribution in [2.24, 2.45) is 0 Å². The average molecular weight is 368 g/mol. The van der Waals surface area contributed by atoms with Gasteiger partial charge in [-0.05, 0) is 37.0 Å². The summed E-state index contributed by atoms with van der Waals surface area (Å²) in [6.07, 6.45) is 7.24. The van der Waals surface area contributed by atoms with Crippen molar-refractivity contribution >= 4 is 11.8 Å². The number of aromatic nitrogens is 3. The molecule has 1 fully saturated rings. The Labute approximate surface area is 160 Å². The number of fused-ring (bicyclic) bond motifs is 1. The van der Waals surface area contributed by atoms with E-state index < -0.39 is 0 Å². The highest BCUT2D eigenvalue weighted by molar-refractivity contribution is 5.45. The highest BCUT2D eigenvalue weighted by Crippen LogP contribution is 2.30. The van der Waals surface area contributed by atoms with Crippen LogP contribution in [-0.2, 0) is 11.2 Å². The molecule has 7 nitrogen and oxygen atoms in total. The lowest BCUT2D eigenvalue weighted by atomic mass is 9.90. The predicted molar refractivity (Wildman–Crippen MR) is 106 cm³/mol. The summed E-state index contributed by atoms with van der Waals surface area (Å²) in [4.78, 5) is 17.8. The van der Waals surface area contributed by atoms with Crippen molar-refractivity contribution in [2.75, 3.05) is 44.1 Å². The Morgan fingerprint density at radius 3 is 2.89 bits per heavy atom. The predicted octanol–water partition coefficient (Wildman–Crippen LogP) is 1.81. The van der Waals surface area contributed by atoms with Crippen molar-refractivity contribution in [3.63, 3.8) is 0 Å². The first-order valence-corrected chi connectivity index (χ1v) is 9.63. The molecule has 3 atom stereocenters. The number of aryl methyl sites for hydroxylation is 1. The van der Waals surface area contributed by atoms with Gasteiger partial charge in [-0.15, -0.1) is 0 Å². The largest absolute Gasteiger partial charge is 0.378 e. The minimum Gasteiger partial charge on any atom is -0.378 e.